The molecule has 0 saturated heterocycles. The third kappa shape index (κ3) is 2.87. The molecule has 1 N–H and O–H groups in total. The maximum absolute atomic E-state index is 11.4. The number of Topliss-reactive ketones (excluding diaryl/α,β-unsaturated/α-hetero) is 1. The summed E-state index contributed by atoms with van der Waals surface area (Å²) in [5.74, 6) is 0.107. The van der Waals surface area contributed by atoms with Gasteiger partial charge in [0.2, 0.25) is 0 Å². The van der Waals surface area contributed by atoms with E-state index in [2.05, 4.69) is 0 Å². The molecule has 1 aromatic carbocycles. The van der Waals surface area contributed by atoms with Crippen LogP contribution in [0, 0.1) is 10.7 Å². The van der Waals surface area contributed by atoms with Gasteiger partial charge in [0.25, 0.3) is 0 Å². The molecule has 1 aromatic rings. The van der Waals surface area contributed by atoms with Crippen LogP contribution in [-0.4, -0.2) is 16.6 Å². The Morgan fingerprint density at radius 1 is 1.43 bits per heavy atom. The van der Waals surface area contributed by atoms with Crippen molar-refractivity contribution in [2.24, 2.45) is 0 Å². The molecule has 0 spiro atoms. The summed E-state index contributed by atoms with van der Waals surface area (Å²) >= 11 is 0.928. The van der Waals surface area contributed by atoms with Gasteiger partial charge in [-0.1, -0.05) is 24.3 Å². The van der Waals surface area contributed by atoms with E-state index < -0.39 is 0 Å². The second-order valence-corrected chi connectivity index (χ2v) is 3.42. The molecule has 72 valence electrons. The fourth-order valence-electron chi connectivity index (χ4n) is 0.977. The lowest BCUT2D eigenvalue weighted by Gasteiger charge is -1.99. The van der Waals surface area contributed by atoms with Crippen molar-refractivity contribution in [1.82, 2.24) is 0 Å². The standard InChI is InChI=1S/C10H9NO2S/c11-7-14-6-10(13)9-3-1-8(5-12)2-4-9/h1-4,12H,5-6H2. The normalized spacial score (nSPS) is 9.43. The molecule has 0 aliphatic carbocycles. The summed E-state index contributed by atoms with van der Waals surface area (Å²) in [6, 6.07) is 6.71. The van der Waals surface area contributed by atoms with Crippen LogP contribution in [0.4, 0.5) is 0 Å². The van der Waals surface area contributed by atoms with Crippen LogP contribution in [-0.2, 0) is 6.61 Å². The minimum Gasteiger partial charge on any atom is -0.392 e. The Hall–Kier alpha value is -1.31. The number of nitriles is 1. The van der Waals surface area contributed by atoms with Crippen LogP contribution in [0.25, 0.3) is 0 Å². The van der Waals surface area contributed by atoms with Crippen molar-refractivity contribution in [2.75, 3.05) is 5.75 Å². The molecular weight excluding hydrogens is 198 g/mol. The van der Waals surface area contributed by atoms with Gasteiger partial charge in [0.1, 0.15) is 5.40 Å². The van der Waals surface area contributed by atoms with Crippen molar-refractivity contribution in [1.29, 1.82) is 5.26 Å². The Bertz CT molecular complexity index is 353. The van der Waals surface area contributed by atoms with E-state index in [1.165, 1.54) is 0 Å². The van der Waals surface area contributed by atoms with Crippen molar-refractivity contribution in [2.45, 2.75) is 6.61 Å². The minimum atomic E-state index is -0.0685. The maximum atomic E-state index is 11.4. The number of carbonyl (C=O) groups is 1. The molecule has 0 bridgehead atoms. The summed E-state index contributed by atoms with van der Waals surface area (Å²) < 4.78 is 0. The molecule has 3 nitrogen and oxygen atoms in total. The summed E-state index contributed by atoms with van der Waals surface area (Å²) in [6.07, 6.45) is 0. The zero-order valence-electron chi connectivity index (χ0n) is 7.43. The van der Waals surface area contributed by atoms with Gasteiger partial charge in [-0.05, 0) is 17.3 Å². The quantitative estimate of drug-likeness (QED) is 0.601. The number of thiocyanates is 1. The smallest absolute Gasteiger partial charge is 0.173 e. The largest absolute Gasteiger partial charge is 0.392 e. The number of aliphatic hydroxyl groups is 1. The number of ketones is 1. The Morgan fingerprint density at radius 3 is 2.57 bits per heavy atom. The molecule has 14 heavy (non-hydrogen) atoms. The minimum absolute atomic E-state index is 0.0264. The molecule has 0 fully saturated rings. The number of benzene rings is 1. The van der Waals surface area contributed by atoms with Crippen molar-refractivity contribution in [3.8, 4) is 5.40 Å². The zero-order chi connectivity index (χ0) is 10.4. The highest BCUT2D eigenvalue weighted by atomic mass is 32.2. The number of carbonyl (C=O) groups excluding carboxylic acids is 1. The van der Waals surface area contributed by atoms with Crippen molar-refractivity contribution < 1.29 is 9.90 Å². The predicted octanol–water partition coefficient (Wildman–Crippen LogP) is 1.58. The first-order chi connectivity index (χ1) is 6.77. The molecule has 0 aromatic heterocycles. The van der Waals surface area contributed by atoms with Crippen LogP contribution in [0.3, 0.4) is 0 Å². The maximum Gasteiger partial charge on any atom is 0.173 e. The van der Waals surface area contributed by atoms with Crippen LogP contribution < -0.4 is 0 Å². The number of hydrogen-bond donors (Lipinski definition) is 1. The van der Waals surface area contributed by atoms with Crippen molar-refractivity contribution in [3.05, 3.63) is 35.4 Å². The van der Waals surface area contributed by atoms with Gasteiger partial charge in [-0.3, -0.25) is 4.79 Å². The van der Waals surface area contributed by atoms with E-state index in [9.17, 15) is 4.79 Å². The number of rotatable bonds is 4. The molecule has 0 aliphatic heterocycles. The lowest BCUT2D eigenvalue weighted by Crippen LogP contribution is -2.01. The first kappa shape index (κ1) is 10.8. The van der Waals surface area contributed by atoms with Crippen LogP contribution >= 0.6 is 11.8 Å². The van der Waals surface area contributed by atoms with E-state index in [1.54, 1.807) is 24.3 Å². The van der Waals surface area contributed by atoms with E-state index in [0.29, 0.717) is 5.56 Å². The molecule has 4 heteroatoms. The van der Waals surface area contributed by atoms with E-state index in [0.717, 1.165) is 17.3 Å². The lowest BCUT2D eigenvalue weighted by molar-refractivity contribution is 0.102. The van der Waals surface area contributed by atoms with Gasteiger partial charge in [-0.25, -0.2) is 0 Å². The topological polar surface area (TPSA) is 61.1 Å². The first-order valence-corrected chi connectivity index (χ1v) is 5.00. The average Bonchev–Trinajstić information content (AvgIpc) is 2.26. The van der Waals surface area contributed by atoms with Crippen LogP contribution in [0.15, 0.2) is 24.3 Å². The van der Waals surface area contributed by atoms with E-state index >= 15 is 0 Å². The van der Waals surface area contributed by atoms with Gasteiger partial charge in [0.15, 0.2) is 5.78 Å². The van der Waals surface area contributed by atoms with Crippen LogP contribution in [0.5, 0.6) is 0 Å². The Labute approximate surface area is 86.4 Å². The fourth-order valence-corrected chi connectivity index (χ4v) is 1.34. The molecule has 0 atom stereocenters. The zero-order valence-corrected chi connectivity index (χ0v) is 8.25. The molecule has 0 amide bonds. The average molecular weight is 207 g/mol. The molecule has 0 heterocycles. The summed E-state index contributed by atoms with van der Waals surface area (Å²) in [5, 5.41) is 18.9. The van der Waals surface area contributed by atoms with Gasteiger partial charge in [-0.15, -0.1) is 0 Å². The van der Waals surface area contributed by atoms with Crippen LogP contribution in [0.2, 0.25) is 0 Å². The highest BCUT2D eigenvalue weighted by molar-refractivity contribution is 8.04. The molecule has 0 saturated carbocycles. The molecule has 0 radical (unpaired) electrons. The number of aliphatic hydroxyl groups excluding tert-OH is 1. The van der Waals surface area contributed by atoms with Gasteiger partial charge in [0.05, 0.1) is 12.4 Å². The molecule has 0 aliphatic rings. The van der Waals surface area contributed by atoms with E-state index in [4.69, 9.17) is 10.4 Å². The summed E-state index contributed by atoms with van der Waals surface area (Å²) in [4.78, 5) is 11.4. The molecule has 1 rings (SSSR count). The lowest BCUT2D eigenvalue weighted by atomic mass is 10.1. The van der Waals surface area contributed by atoms with Gasteiger partial charge in [0, 0.05) is 5.56 Å². The summed E-state index contributed by atoms with van der Waals surface area (Å²) in [5.41, 5.74) is 1.35. The summed E-state index contributed by atoms with van der Waals surface area (Å²) in [6.45, 7) is -0.0264. The van der Waals surface area contributed by atoms with Gasteiger partial charge < -0.3 is 5.11 Å². The predicted molar refractivity (Wildman–Crippen MR) is 54.8 cm³/mol. The summed E-state index contributed by atoms with van der Waals surface area (Å²) in [7, 11) is 0. The Balaban J connectivity index is 2.67. The molecule has 0 unspecified atom stereocenters. The second kappa shape index (κ2) is 5.43. The molecular formula is C10H9NO2S. The first-order valence-electron chi connectivity index (χ1n) is 4.02. The van der Waals surface area contributed by atoms with Gasteiger partial charge in [-0.2, -0.15) is 5.26 Å². The highest BCUT2D eigenvalue weighted by Gasteiger charge is 2.04. The van der Waals surface area contributed by atoms with Gasteiger partial charge >= 0.3 is 0 Å². The monoisotopic (exact) mass is 207 g/mol. The number of nitrogens with zero attached hydrogens (tertiary/aromatic N) is 1. The van der Waals surface area contributed by atoms with E-state index in [1.807, 2.05) is 5.40 Å². The van der Waals surface area contributed by atoms with Crippen LogP contribution in [0.1, 0.15) is 15.9 Å². The Kier molecular flexibility index (Phi) is 4.17. The van der Waals surface area contributed by atoms with Crippen molar-refractivity contribution >= 4 is 17.5 Å². The number of hydrogen-bond acceptors (Lipinski definition) is 4. The fraction of sp³-hybridized carbons (Fsp3) is 0.200. The SMILES string of the molecule is N#CSCC(=O)c1ccc(CO)cc1. The Morgan fingerprint density at radius 2 is 2.07 bits per heavy atom. The third-order valence-electron chi connectivity index (χ3n) is 1.73. The highest BCUT2D eigenvalue weighted by Crippen LogP contribution is 2.08. The number of thioether (sulfide) groups is 1. The van der Waals surface area contributed by atoms with Crippen molar-refractivity contribution in [3.63, 3.8) is 0 Å². The van der Waals surface area contributed by atoms with E-state index in [-0.39, 0.29) is 18.1 Å². The second-order valence-electron chi connectivity index (χ2n) is 2.66. The third-order valence-corrected chi connectivity index (χ3v) is 2.26.